The predicted molar refractivity (Wildman–Crippen MR) is 87.1 cm³/mol. The Labute approximate surface area is 139 Å². The first-order chi connectivity index (χ1) is 11.9. The van der Waals surface area contributed by atoms with Gasteiger partial charge in [0.15, 0.2) is 0 Å². The number of rotatable bonds is 4. The van der Waals surface area contributed by atoms with E-state index in [0.29, 0.717) is 24.0 Å². The molecule has 0 aromatic carbocycles. The van der Waals surface area contributed by atoms with Crippen molar-refractivity contribution in [2.75, 3.05) is 31.1 Å². The fourth-order valence-corrected chi connectivity index (χ4v) is 2.70. The first kappa shape index (κ1) is 14.7. The fraction of sp³-hybridized carbons (Fsp3) is 0.312. The molecule has 24 heavy (non-hydrogen) atoms. The lowest BCUT2D eigenvalue weighted by Gasteiger charge is -2.34. The van der Waals surface area contributed by atoms with E-state index in [1.807, 2.05) is 24.4 Å². The Morgan fingerprint density at radius 3 is 2.67 bits per heavy atom. The third kappa shape index (κ3) is 3.23. The molecule has 1 aliphatic rings. The zero-order chi connectivity index (χ0) is 16.2. The number of anilines is 1. The Kier molecular flexibility index (Phi) is 4.11. The van der Waals surface area contributed by atoms with Crippen LogP contribution in [0.1, 0.15) is 5.89 Å². The Hall–Kier alpha value is -2.87. The summed E-state index contributed by atoms with van der Waals surface area (Å²) < 4.78 is 5.34. The number of aromatic nitrogens is 5. The molecule has 0 radical (unpaired) electrons. The van der Waals surface area contributed by atoms with Crippen LogP contribution in [-0.2, 0) is 6.54 Å². The molecule has 0 unspecified atom stereocenters. The highest BCUT2D eigenvalue weighted by Crippen LogP contribution is 2.15. The molecule has 8 heteroatoms. The molecule has 3 aromatic heterocycles. The molecule has 8 nitrogen and oxygen atoms in total. The summed E-state index contributed by atoms with van der Waals surface area (Å²) >= 11 is 0. The van der Waals surface area contributed by atoms with Gasteiger partial charge in [-0.25, -0.2) is 9.97 Å². The number of pyridine rings is 1. The van der Waals surface area contributed by atoms with E-state index in [1.54, 1.807) is 18.6 Å². The summed E-state index contributed by atoms with van der Waals surface area (Å²) in [5.41, 5.74) is 0.618. The average Bonchev–Trinajstić information content (AvgIpc) is 3.12. The van der Waals surface area contributed by atoms with E-state index >= 15 is 0 Å². The molecule has 0 N–H and O–H groups in total. The Balaban J connectivity index is 1.35. The van der Waals surface area contributed by atoms with Crippen LogP contribution in [0, 0.1) is 0 Å². The van der Waals surface area contributed by atoms with Crippen LogP contribution >= 0.6 is 0 Å². The average molecular weight is 323 g/mol. The van der Waals surface area contributed by atoms with Crippen LogP contribution in [-0.4, -0.2) is 56.2 Å². The predicted octanol–water partition coefficient (Wildman–Crippen LogP) is 1.24. The molecular weight excluding hydrogens is 306 g/mol. The van der Waals surface area contributed by atoms with E-state index in [9.17, 15) is 0 Å². The summed E-state index contributed by atoms with van der Waals surface area (Å²) in [7, 11) is 0. The van der Waals surface area contributed by atoms with Crippen LogP contribution in [0.25, 0.3) is 11.5 Å². The highest BCUT2D eigenvalue weighted by Gasteiger charge is 2.20. The second-order valence-corrected chi connectivity index (χ2v) is 5.55. The van der Waals surface area contributed by atoms with Crippen molar-refractivity contribution in [3.63, 3.8) is 0 Å². The lowest BCUT2D eigenvalue weighted by molar-refractivity contribution is 0.215. The highest BCUT2D eigenvalue weighted by atomic mass is 16.5. The Morgan fingerprint density at radius 1 is 1.00 bits per heavy atom. The molecule has 1 fully saturated rings. The van der Waals surface area contributed by atoms with Gasteiger partial charge in [0.2, 0.25) is 11.7 Å². The smallest absolute Gasteiger partial charge is 0.241 e. The minimum Gasteiger partial charge on any atom is -0.354 e. The number of hydrogen-bond acceptors (Lipinski definition) is 8. The van der Waals surface area contributed by atoms with Gasteiger partial charge in [-0.05, 0) is 12.1 Å². The van der Waals surface area contributed by atoms with Crippen LogP contribution in [0.5, 0.6) is 0 Å². The van der Waals surface area contributed by atoms with Crippen LogP contribution in [0.15, 0.2) is 47.5 Å². The molecule has 1 saturated heterocycles. The number of hydrogen-bond donors (Lipinski definition) is 0. The van der Waals surface area contributed by atoms with Crippen LogP contribution in [0.2, 0.25) is 0 Å². The monoisotopic (exact) mass is 323 g/mol. The van der Waals surface area contributed by atoms with Gasteiger partial charge in [0.1, 0.15) is 11.5 Å². The topological polar surface area (TPSA) is 84.1 Å². The summed E-state index contributed by atoms with van der Waals surface area (Å²) in [4.78, 5) is 21.6. The molecule has 4 rings (SSSR count). The van der Waals surface area contributed by atoms with E-state index in [2.05, 4.69) is 34.9 Å². The van der Waals surface area contributed by atoms with Crippen molar-refractivity contribution < 1.29 is 4.52 Å². The lowest BCUT2D eigenvalue weighted by atomic mass is 10.3. The highest BCUT2D eigenvalue weighted by molar-refractivity contribution is 5.45. The molecule has 1 aliphatic heterocycles. The van der Waals surface area contributed by atoms with E-state index < -0.39 is 0 Å². The summed E-state index contributed by atoms with van der Waals surface area (Å²) in [5, 5.41) is 3.98. The largest absolute Gasteiger partial charge is 0.354 e. The van der Waals surface area contributed by atoms with Gasteiger partial charge in [-0.3, -0.25) is 9.88 Å². The normalized spacial score (nSPS) is 15.6. The van der Waals surface area contributed by atoms with Gasteiger partial charge in [-0.1, -0.05) is 11.2 Å². The third-order valence-electron chi connectivity index (χ3n) is 3.96. The minimum atomic E-state index is 0.477. The standard InChI is InChI=1S/C16H17N7O/c1-2-4-19-14(3-1)23-9-7-22(8-10-23)12-15-20-16(21-24-15)13-11-17-5-6-18-13/h1-6,11H,7-10,12H2. The van der Waals surface area contributed by atoms with E-state index in [4.69, 9.17) is 4.52 Å². The Morgan fingerprint density at radius 2 is 1.92 bits per heavy atom. The molecule has 122 valence electrons. The Bertz CT molecular complexity index is 769. The maximum atomic E-state index is 5.34. The second-order valence-electron chi connectivity index (χ2n) is 5.55. The quantitative estimate of drug-likeness (QED) is 0.709. The summed E-state index contributed by atoms with van der Waals surface area (Å²) in [6, 6.07) is 5.99. The molecule has 3 aromatic rings. The SMILES string of the molecule is c1ccc(N2CCN(Cc3nc(-c4cnccn4)no3)CC2)nc1. The molecule has 0 bridgehead atoms. The van der Waals surface area contributed by atoms with E-state index in [1.165, 1.54) is 0 Å². The maximum Gasteiger partial charge on any atom is 0.241 e. The van der Waals surface area contributed by atoms with Crippen molar-refractivity contribution in [3.8, 4) is 11.5 Å². The summed E-state index contributed by atoms with van der Waals surface area (Å²) in [6.45, 7) is 4.37. The van der Waals surface area contributed by atoms with Crippen molar-refractivity contribution in [1.29, 1.82) is 0 Å². The maximum absolute atomic E-state index is 5.34. The first-order valence-electron chi connectivity index (χ1n) is 7.86. The molecule has 0 aliphatic carbocycles. The van der Waals surface area contributed by atoms with E-state index in [-0.39, 0.29) is 0 Å². The summed E-state index contributed by atoms with van der Waals surface area (Å²) in [6.07, 6.45) is 6.68. The van der Waals surface area contributed by atoms with Gasteiger partial charge in [0.05, 0.1) is 12.7 Å². The van der Waals surface area contributed by atoms with E-state index in [0.717, 1.165) is 32.0 Å². The first-order valence-corrected chi connectivity index (χ1v) is 7.86. The third-order valence-corrected chi connectivity index (χ3v) is 3.96. The molecule has 0 saturated carbocycles. The minimum absolute atomic E-state index is 0.477. The van der Waals surface area contributed by atoms with Gasteiger partial charge in [0, 0.05) is 44.8 Å². The van der Waals surface area contributed by atoms with Crippen LogP contribution < -0.4 is 4.90 Å². The zero-order valence-electron chi connectivity index (χ0n) is 13.1. The molecule has 4 heterocycles. The molecule has 0 amide bonds. The van der Waals surface area contributed by atoms with Crippen molar-refractivity contribution in [2.24, 2.45) is 0 Å². The van der Waals surface area contributed by atoms with Crippen LogP contribution in [0.3, 0.4) is 0 Å². The van der Waals surface area contributed by atoms with Gasteiger partial charge < -0.3 is 9.42 Å². The number of nitrogens with zero attached hydrogens (tertiary/aromatic N) is 7. The lowest BCUT2D eigenvalue weighted by Crippen LogP contribution is -2.46. The van der Waals surface area contributed by atoms with Gasteiger partial charge in [-0.15, -0.1) is 0 Å². The second kappa shape index (κ2) is 6.71. The van der Waals surface area contributed by atoms with Crippen molar-refractivity contribution >= 4 is 5.82 Å². The molecule has 0 spiro atoms. The van der Waals surface area contributed by atoms with Crippen LogP contribution in [0.4, 0.5) is 5.82 Å². The van der Waals surface area contributed by atoms with Gasteiger partial charge in [-0.2, -0.15) is 4.98 Å². The summed E-state index contributed by atoms with van der Waals surface area (Å²) in [5.74, 6) is 2.10. The molecule has 0 atom stereocenters. The zero-order valence-corrected chi connectivity index (χ0v) is 13.1. The number of piperazine rings is 1. The van der Waals surface area contributed by atoms with Crippen molar-refractivity contribution in [3.05, 3.63) is 48.9 Å². The van der Waals surface area contributed by atoms with Gasteiger partial charge in [0.25, 0.3) is 0 Å². The van der Waals surface area contributed by atoms with Crippen molar-refractivity contribution in [2.45, 2.75) is 6.54 Å². The van der Waals surface area contributed by atoms with Crippen molar-refractivity contribution in [1.82, 2.24) is 30.0 Å². The molecular formula is C16H17N7O. The fourth-order valence-electron chi connectivity index (χ4n) is 2.70. The van der Waals surface area contributed by atoms with Gasteiger partial charge >= 0.3 is 0 Å².